The highest BCUT2D eigenvalue weighted by atomic mass is 32.1. The number of hydrogen-bond acceptors (Lipinski definition) is 5. The summed E-state index contributed by atoms with van der Waals surface area (Å²) < 4.78 is 9.21. The fourth-order valence-electron chi connectivity index (χ4n) is 1.47. The van der Waals surface area contributed by atoms with Gasteiger partial charge in [-0.05, 0) is 38.7 Å². The summed E-state index contributed by atoms with van der Waals surface area (Å²) in [5, 5.41) is 4.17. The molecular weight excluding hydrogens is 224 g/mol. The number of aromatic nitrogens is 1. The van der Waals surface area contributed by atoms with Crippen LogP contribution in [0.25, 0.3) is 0 Å². The van der Waals surface area contributed by atoms with Crippen molar-refractivity contribution in [3.63, 3.8) is 0 Å². The molecule has 1 unspecified atom stereocenters. The van der Waals surface area contributed by atoms with Crippen LogP contribution in [0.4, 0.5) is 5.00 Å². The van der Waals surface area contributed by atoms with Gasteiger partial charge in [0.2, 0.25) is 0 Å². The van der Waals surface area contributed by atoms with E-state index in [0.717, 1.165) is 17.1 Å². The molecule has 1 aromatic rings. The molecule has 0 spiro atoms. The monoisotopic (exact) mass is 242 g/mol. The lowest BCUT2D eigenvalue weighted by Crippen LogP contribution is -2.17. The second-order valence-corrected chi connectivity index (χ2v) is 4.63. The molecule has 5 heteroatoms. The highest BCUT2D eigenvalue weighted by Crippen LogP contribution is 2.25. The van der Waals surface area contributed by atoms with Gasteiger partial charge in [0.25, 0.3) is 0 Å². The first-order chi connectivity index (χ1) is 7.56. The van der Waals surface area contributed by atoms with Crippen molar-refractivity contribution >= 4 is 22.3 Å². The Morgan fingerprint density at radius 3 is 2.88 bits per heavy atom. The lowest BCUT2D eigenvalue weighted by atomic mass is 10.1. The quantitative estimate of drug-likeness (QED) is 0.779. The number of rotatable bonds is 6. The Bertz CT molecular complexity index is 363. The number of carbonyl (C=O) groups excluding carboxylic acids is 1. The van der Waals surface area contributed by atoms with E-state index in [0.29, 0.717) is 12.2 Å². The van der Waals surface area contributed by atoms with Crippen LogP contribution in [-0.2, 0) is 4.74 Å². The van der Waals surface area contributed by atoms with Gasteiger partial charge < -0.3 is 10.1 Å². The standard InChI is InChI=1S/C11H18N2O2S/c1-7(5-6-15-4)12-11-10(9(3)14)8(2)13-16-11/h7,12H,5-6H2,1-4H3. The van der Waals surface area contributed by atoms with Crippen LogP contribution in [0.2, 0.25) is 0 Å². The van der Waals surface area contributed by atoms with Crippen LogP contribution in [0.3, 0.4) is 0 Å². The molecule has 1 rings (SSSR count). The SMILES string of the molecule is COCCC(C)Nc1snc(C)c1C(C)=O. The average molecular weight is 242 g/mol. The maximum absolute atomic E-state index is 11.4. The molecule has 0 fully saturated rings. The van der Waals surface area contributed by atoms with Crippen LogP contribution >= 0.6 is 11.5 Å². The smallest absolute Gasteiger partial charge is 0.164 e. The molecule has 0 aliphatic heterocycles. The Labute approximate surface area is 100 Å². The number of nitrogens with zero attached hydrogens (tertiary/aromatic N) is 1. The number of hydrogen-bond donors (Lipinski definition) is 1. The summed E-state index contributed by atoms with van der Waals surface area (Å²) >= 11 is 1.34. The van der Waals surface area contributed by atoms with Crippen LogP contribution in [0.1, 0.15) is 36.3 Å². The van der Waals surface area contributed by atoms with Crippen LogP contribution < -0.4 is 5.32 Å². The highest BCUT2D eigenvalue weighted by molar-refractivity contribution is 7.10. The summed E-state index contributed by atoms with van der Waals surface area (Å²) in [6.07, 6.45) is 0.908. The number of ether oxygens (including phenoxy) is 1. The number of anilines is 1. The first kappa shape index (κ1) is 13.1. The van der Waals surface area contributed by atoms with Crippen molar-refractivity contribution < 1.29 is 9.53 Å². The van der Waals surface area contributed by atoms with Crippen molar-refractivity contribution in [1.82, 2.24) is 4.37 Å². The molecule has 0 bridgehead atoms. The van der Waals surface area contributed by atoms with Gasteiger partial charge in [-0.3, -0.25) is 4.79 Å². The Hall–Kier alpha value is -0.940. The second kappa shape index (κ2) is 5.96. The van der Waals surface area contributed by atoms with Crippen LogP contribution in [0.5, 0.6) is 0 Å². The van der Waals surface area contributed by atoms with Gasteiger partial charge in [-0.25, -0.2) is 0 Å². The maximum atomic E-state index is 11.4. The average Bonchev–Trinajstić information content (AvgIpc) is 2.56. The molecule has 0 radical (unpaired) electrons. The lowest BCUT2D eigenvalue weighted by molar-refractivity contribution is 0.101. The number of nitrogens with one attached hydrogen (secondary N) is 1. The number of ketones is 1. The van der Waals surface area contributed by atoms with E-state index in [1.165, 1.54) is 11.5 Å². The molecule has 1 atom stereocenters. The molecule has 0 saturated carbocycles. The number of Topliss-reactive ketones (excluding diaryl/α,β-unsaturated/α-hetero) is 1. The Balaban J connectivity index is 2.70. The third-order valence-electron chi connectivity index (χ3n) is 2.35. The molecule has 0 amide bonds. The first-order valence-electron chi connectivity index (χ1n) is 5.29. The van der Waals surface area contributed by atoms with E-state index in [-0.39, 0.29) is 11.8 Å². The molecule has 16 heavy (non-hydrogen) atoms. The zero-order valence-corrected chi connectivity index (χ0v) is 11.0. The Kier molecular flexibility index (Phi) is 4.89. The third kappa shape index (κ3) is 3.28. The van der Waals surface area contributed by atoms with Gasteiger partial charge in [0, 0.05) is 19.8 Å². The first-order valence-corrected chi connectivity index (χ1v) is 6.06. The van der Waals surface area contributed by atoms with Gasteiger partial charge in [-0.1, -0.05) is 0 Å². The van der Waals surface area contributed by atoms with Crippen molar-refractivity contribution in [1.29, 1.82) is 0 Å². The van der Waals surface area contributed by atoms with Gasteiger partial charge >= 0.3 is 0 Å². The van der Waals surface area contributed by atoms with E-state index in [4.69, 9.17) is 4.74 Å². The normalized spacial score (nSPS) is 12.5. The van der Waals surface area contributed by atoms with Crippen molar-refractivity contribution in [2.24, 2.45) is 0 Å². The topological polar surface area (TPSA) is 51.2 Å². The molecule has 0 aromatic carbocycles. The van der Waals surface area contributed by atoms with E-state index >= 15 is 0 Å². The fourth-order valence-corrected chi connectivity index (χ4v) is 2.43. The van der Waals surface area contributed by atoms with Crippen molar-refractivity contribution in [3.8, 4) is 0 Å². The van der Waals surface area contributed by atoms with Gasteiger partial charge in [-0.2, -0.15) is 4.37 Å². The molecule has 0 aliphatic rings. The summed E-state index contributed by atoms with van der Waals surface area (Å²) in [6, 6.07) is 0.276. The van der Waals surface area contributed by atoms with Gasteiger partial charge in [0.15, 0.2) is 5.78 Å². The predicted molar refractivity (Wildman–Crippen MR) is 66.4 cm³/mol. The number of aryl methyl sites for hydroxylation is 1. The maximum Gasteiger partial charge on any atom is 0.164 e. The molecular formula is C11H18N2O2S. The zero-order valence-electron chi connectivity index (χ0n) is 10.2. The molecule has 90 valence electrons. The molecule has 0 saturated heterocycles. The minimum Gasteiger partial charge on any atom is -0.385 e. The molecule has 4 nitrogen and oxygen atoms in total. The molecule has 0 aliphatic carbocycles. The molecule has 1 aromatic heterocycles. The zero-order chi connectivity index (χ0) is 12.1. The summed E-state index contributed by atoms with van der Waals surface area (Å²) in [6.45, 7) is 6.21. The number of methoxy groups -OCH3 is 1. The second-order valence-electron chi connectivity index (χ2n) is 3.86. The summed E-state index contributed by atoms with van der Waals surface area (Å²) in [7, 11) is 1.69. The number of carbonyl (C=O) groups is 1. The van der Waals surface area contributed by atoms with Crippen molar-refractivity contribution in [2.45, 2.75) is 33.2 Å². The fraction of sp³-hybridized carbons (Fsp3) is 0.636. The van der Waals surface area contributed by atoms with Gasteiger partial charge in [-0.15, -0.1) is 0 Å². The van der Waals surface area contributed by atoms with E-state index in [1.54, 1.807) is 14.0 Å². The Morgan fingerprint density at radius 1 is 1.62 bits per heavy atom. The lowest BCUT2D eigenvalue weighted by Gasteiger charge is -2.13. The van der Waals surface area contributed by atoms with E-state index in [1.807, 2.05) is 6.92 Å². The molecule has 1 N–H and O–H groups in total. The van der Waals surface area contributed by atoms with E-state index in [2.05, 4.69) is 16.6 Å². The van der Waals surface area contributed by atoms with Crippen LogP contribution in [0, 0.1) is 6.92 Å². The van der Waals surface area contributed by atoms with E-state index in [9.17, 15) is 4.79 Å². The largest absolute Gasteiger partial charge is 0.385 e. The van der Waals surface area contributed by atoms with Gasteiger partial charge in [0.1, 0.15) is 5.00 Å². The minimum absolute atomic E-state index is 0.0627. The summed E-state index contributed by atoms with van der Waals surface area (Å²) in [5.41, 5.74) is 1.52. The summed E-state index contributed by atoms with van der Waals surface area (Å²) in [5.74, 6) is 0.0627. The predicted octanol–water partition coefficient (Wildman–Crippen LogP) is 2.49. The van der Waals surface area contributed by atoms with E-state index < -0.39 is 0 Å². The van der Waals surface area contributed by atoms with Crippen LogP contribution in [-0.4, -0.2) is 29.9 Å². The molecule has 1 heterocycles. The van der Waals surface area contributed by atoms with Crippen molar-refractivity contribution in [3.05, 3.63) is 11.3 Å². The van der Waals surface area contributed by atoms with Crippen molar-refractivity contribution in [2.75, 3.05) is 19.0 Å². The highest BCUT2D eigenvalue weighted by Gasteiger charge is 2.16. The van der Waals surface area contributed by atoms with Crippen LogP contribution in [0.15, 0.2) is 0 Å². The van der Waals surface area contributed by atoms with Gasteiger partial charge in [0.05, 0.1) is 11.3 Å². The third-order valence-corrected chi connectivity index (χ3v) is 3.22. The summed E-state index contributed by atoms with van der Waals surface area (Å²) in [4.78, 5) is 11.4. The minimum atomic E-state index is 0.0627. The Morgan fingerprint density at radius 2 is 2.31 bits per heavy atom.